The van der Waals surface area contributed by atoms with Gasteiger partial charge in [-0.3, -0.25) is 4.79 Å². The van der Waals surface area contributed by atoms with Crippen LogP contribution in [0.1, 0.15) is 91.3 Å². The Hall–Kier alpha value is -1.27. The molecule has 30 heavy (non-hydrogen) atoms. The molecule has 0 saturated heterocycles. The van der Waals surface area contributed by atoms with E-state index in [0.717, 1.165) is 6.42 Å². The van der Waals surface area contributed by atoms with E-state index in [4.69, 9.17) is 16.3 Å². The number of ether oxygens (including phenoxy) is 1. The van der Waals surface area contributed by atoms with Crippen molar-refractivity contribution in [3.05, 3.63) is 28.5 Å². The van der Waals surface area contributed by atoms with Gasteiger partial charge in [-0.1, -0.05) is 38.8 Å². The average molecular weight is 448 g/mol. The molecule has 0 saturated carbocycles. The lowest BCUT2D eigenvalue weighted by atomic mass is 9.74. The van der Waals surface area contributed by atoms with E-state index >= 15 is 0 Å². The van der Waals surface area contributed by atoms with Gasteiger partial charge >= 0.3 is 5.97 Å². The maximum absolute atomic E-state index is 14.3. The Morgan fingerprint density at radius 3 is 2.37 bits per heavy atom. The Morgan fingerprint density at radius 2 is 1.87 bits per heavy atom. The second-order valence-corrected chi connectivity index (χ2v) is 9.63. The number of alkyl halides is 2. The first kappa shape index (κ1) is 26.8. The molecule has 0 aliphatic rings. The summed E-state index contributed by atoms with van der Waals surface area (Å²) in [6, 6.07) is 2.56. The van der Waals surface area contributed by atoms with Crippen LogP contribution in [0.5, 0.6) is 0 Å². The fourth-order valence-corrected chi connectivity index (χ4v) is 3.78. The van der Waals surface area contributed by atoms with Crippen molar-refractivity contribution in [2.45, 2.75) is 97.0 Å². The maximum Gasteiger partial charge on any atom is 0.306 e. The first-order valence-electron chi connectivity index (χ1n) is 10.7. The molecule has 1 aromatic heterocycles. The molecule has 0 amide bonds. The van der Waals surface area contributed by atoms with E-state index in [1.165, 1.54) is 19.1 Å². The number of rotatable bonds is 11. The summed E-state index contributed by atoms with van der Waals surface area (Å²) in [5.41, 5.74) is -1.14. The zero-order valence-corrected chi connectivity index (χ0v) is 19.8. The summed E-state index contributed by atoms with van der Waals surface area (Å²) in [7, 11) is 0. The van der Waals surface area contributed by atoms with Crippen molar-refractivity contribution in [2.75, 3.05) is 6.61 Å². The Labute approximate surface area is 184 Å². The monoisotopic (exact) mass is 447 g/mol. The van der Waals surface area contributed by atoms with Crippen LogP contribution in [0, 0.1) is 5.92 Å². The molecule has 1 rings (SSSR count). The molecule has 0 radical (unpaired) electrons. The third-order valence-electron chi connectivity index (χ3n) is 5.29. The summed E-state index contributed by atoms with van der Waals surface area (Å²) in [5.74, 6) is -3.28. The van der Waals surface area contributed by atoms with Crippen LogP contribution in [-0.4, -0.2) is 28.3 Å². The molecule has 2 atom stereocenters. The number of aliphatic hydroxyl groups excluding tert-OH is 1. The van der Waals surface area contributed by atoms with Crippen LogP contribution in [0.4, 0.5) is 8.78 Å². The normalized spacial score (nSPS) is 15.5. The summed E-state index contributed by atoms with van der Waals surface area (Å²) in [4.78, 5) is 16.4. The number of halogens is 3. The van der Waals surface area contributed by atoms with E-state index in [9.17, 15) is 18.7 Å². The largest absolute Gasteiger partial charge is 0.460 e. The van der Waals surface area contributed by atoms with Gasteiger partial charge in [0.25, 0.3) is 5.92 Å². The number of esters is 1. The first-order valence-corrected chi connectivity index (χ1v) is 11.1. The molecule has 2 unspecified atom stereocenters. The molecule has 0 aromatic carbocycles. The topological polar surface area (TPSA) is 59.4 Å². The number of nitrogens with zero attached hydrogens (tertiary/aromatic N) is 1. The number of carbonyl (C=O) groups is 1. The second kappa shape index (κ2) is 10.9. The highest BCUT2D eigenvalue weighted by atomic mass is 35.5. The standard InChI is InChI=1S/C23H36ClF2NO3/c1-7-10-22(15-28,11-9-16(3)12-20(29)30-21(4,5)6)18-13-17(14-19(24)27-18)23(25,26)8-2/h13-14,16,28H,7-12,15H2,1-6H3. The SMILES string of the molecule is CCCC(CO)(CCC(C)CC(=O)OC(C)(C)C)c1cc(C(F)(F)CC)cc(Cl)n1. The molecule has 7 heteroatoms. The van der Waals surface area contributed by atoms with Gasteiger partial charge in [-0.25, -0.2) is 13.8 Å². The zero-order valence-electron chi connectivity index (χ0n) is 19.0. The number of aliphatic hydroxyl groups is 1. The van der Waals surface area contributed by atoms with Gasteiger partial charge in [0.1, 0.15) is 10.8 Å². The lowest BCUT2D eigenvalue weighted by Gasteiger charge is -2.33. The molecule has 1 aromatic rings. The Kier molecular flexibility index (Phi) is 9.68. The summed E-state index contributed by atoms with van der Waals surface area (Å²) in [6.45, 7) is 10.6. The van der Waals surface area contributed by atoms with Gasteiger partial charge in [-0.2, -0.15) is 0 Å². The second-order valence-electron chi connectivity index (χ2n) is 9.24. The maximum atomic E-state index is 14.3. The summed E-state index contributed by atoms with van der Waals surface area (Å²) in [6.07, 6.45) is 2.35. The smallest absolute Gasteiger partial charge is 0.306 e. The molecule has 1 N–H and O–H groups in total. The van der Waals surface area contributed by atoms with Crippen molar-refractivity contribution in [3.8, 4) is 0 Å². The molecule has 0 aliphatic heterocycles. The van der Waals surface area contributed by atoms with Gasteiger partial charge < -0.3 is 9.84 Å². The van der Waals surface area contributed by atoms with Crippen LogP contribution in [0.3, 0.4) is 0 Å². The molecular formula is C23H36ClF2NO3. The molecule has 4 nitrogen and oxygen atoms in total. The molecule has 0 bridgehead atoms. The highest BCUT2D eigenvalue weighted by Gasteiger charge is 2.36. The highest BCUT2D eigenvalue weighted by Crippen LogP contribution is 2.39. The minimum absolute atomic E-state index is 0.00800. The van der Waals surface area contributed by atoms with Crippen molar-refractivity contribution in [2.24, 2.45) is 5.92 Å². The average Bonchev–Trinajstić information content (AvgIpc) is 2.63. The van der Waals surface area contributed by atoms with Crippen LogP contribution in [0.2, 0.25) is 5.15 Å². The van der Waals surface area contributed by atoms with Gasteiger partial charge in [0.05, 0.1) is 12.3 Å². The third kappa shape index (κ3) is 7.77. The molecule has 172 valence electrons. The molecule has 1 heterocycles. The lowest BCUT2D eigenvalue weighted by Crippen LogP contribution is -2.33. The van der Waals surface area contributed by atoms with Crippen molar-refractivity contribution in [1.82, 2.24) is 4.98 Å². The van der Waals surface area contributed by atoms with Crippen molar-refractivity contribution in [3.63, 3.8) is 0 Å². The Balaban J connectivity index is 3.09. The van der Waals surface area contributed by atoms with E-state index in [0.29, 0.717) is 25.0 Å². The van der Waals surface area contributed by atoms with Crippen molar-refractivity contribution >= 4 is 17.6 Å². The van der Waals surface area contributed by atoms with E-state index < -0.39 is 16.9 Å². The van der Waals surface area contributed by atoms with Gasteiger partial charge in [-0.15, -0.1) is 0 Å². The van der Waals surface area contributed by atoms with E-state index in [-0.39, 0.29) is 42.1 Å². The number of pyridine rings is 1. The van der Waals surface area contributed by atoms with E-state index in [1.807, 2.05) is 34.6 Å². The molecule has 0 spiro atoms. The first-order chi connectivity index (χ1) is 13.8. The number of carbonyl (C=O) groups excluding carboxylic acids is 1. The van der Waals surface area contributed by atoms with Crippen LogP contribution in [-0.2, 0) is 20.9 Å². The lowest BCUT2D eigenvalue weighted by molar-refractivity contribution is -0.155. The predicted octanol–water partition coefficient (Wildman–Crippen LogP) is 6.42. The van der Waals surface area contributed by atoms with Crippen LogP contribution < -0.4 is 0 Å². The fourth-order valence-electron chi connectivity index (χ4n) is 3.58. The zero-order chi connectivity index (χ0) is 23.2. The minimum Gasteiger partial charge on any atom is -0.460 e. The number of hydrogen-bond donors (Lipinski definition) is 1. The summed E-state index contributed by atoms with van der Waals surface area (Å²) in [5, 5.41) is 10.3. The molecule has 0 aliphatic carbocycles. The van der Waals surface area contributed by atoms with Crippen LogP contribution in [0.15, 0.2) is 12.1 Å². The van der Waals surface area contributed by atoms with Gasteiger partial charge in [0, 0.05) is 23.8 Å². The number of aromatic nitrogens is 1. The van der Waals surface area contributed by atoms with Gasteiger partial charge in [0.15, 0.2) is 0 Å². The van der Waals surface area contributed by atoms with Crippen molar-refractivity contribution in [1.29, 1.82) is 0 Å². The Bertz CT molecular complexity index is 706. The quantitative estimate of drug-likeness (QED) is 0.314. The van der Waals surface area contributed by atoms with E-state index in [2.05, 4.69) is 4.98 Å². The van der Waals surface area contributed by atoms with Crippen LogP contribution in [0.25, 0.3) is 0 Å². The third-order valence-corrected chi connectivity index (χ3v) is 5.48. The predicted molar refractivity (Wildman–Crippen MR) is 116 cm³/mol. The van der Waals surface area contributed by atoms with Gasteiger partial charge in [0.2, 0.25) is 0 Å². The summed E-state index contributed by atoms with van der Waals surface area (Å²) < 4.78 is 34.0. The van der Waals surface area contributed by atoms with Gasteiger partial charge in [-0.05, 0) is 58.1 Å². The van der Waals surface area contributed by atoms with E-state index in [1.54, 1.807) is 0 Å². The van der Waals surface area contributed by atoms with Crippen LogP contribution >= 0.6 is 11.6 Å². The highest BCUT2D eigenvalue weighted by molar-refractivity contribution is 6.29. The van der Waals surface area contributed by atoms with Crippen molar-refractivity contribution < 1.29 is 23.4 Å². The molecule has 0 fully saturated rings. The fraction of sp³-hybridized carbons (Fsp3) is 0.739. The summed E-state index contributed by atoms with van der Waals surface area (Å²) >= 11 is 6.08. The Morgan fingerprint density at radius 1 is 1.23 bits per heavy atom. The number of hydrogen-bond acceptors (Lipinski definition) is 4. The minimum atomic E-state index is -3.02. The molecular weight excluding hydrogens is 412 g/mol.